The van der Waals surface area contributed by atoms with Crippen molar-refractivity contribution in [2.45, 2.75) is 44.4 Å². The van der Waals surface area contributed by atoms with E-state index in [2.05, 4.69) is 29.6 Å². The molecule has 0 aromatic heterocycles. The van der Waals surface area contributed by atoms with Crippen LogP contribution < -0.4 is 11.1 Å². The number of nitrogens with two attached hydrogens (primary N) is 1. The van der Waals surface area contributed by atoms with Gasteiger partial charge in [-0.1, -0.05) is 24.3 Å². The highest BCUT2D eigenvalue weighted by Gasteiger charge is 2.26. The summed E-state index contributed by atoms with van der Waals surface area (Å²) in [4.78, 5) is 0. The summed E-state index contributed by atoms with van der Waals surface area (Å²) in [5.74, 6) is 0. The van der Waals surface area contributed by atoms with Gasteiger partial charge in [0.15, 0.2) is 0 Å². The number of ether oxygens (including phenoxy) is 1. The van der Waals surface area contributed by atoms with Crippen LogP contribution in [0.5, 0.6) is 0 Å². The van der Waals surface area contributed by atoms with E-state index in [-0.39, 0.29) is 0 Å². The fourth-order valence-electron chi connectivity index (χ4n) is 2.68. The molecule has 0 heterocycles. The summed E-state index contributed by atoms with van der Waals surface area (Å²) >= 11 is 0. The molecular weight excluding hydrogens is 224 g/mol. The van der Waals surface area contributed by atoms with E-state index in [9.17, 15) is 0 Å². The van der Waals surface area contributed by atoms with Gasteiger partial charge in [-0.15, -0.1) is 0 Å². The summed E-state index contributed by atoms with van der Waals surface area (Å²) in [5, 5.41) is 3.60. The van der Waals surface area contributed by atoms with Gasteiger partial charge in [-0.2, -0.15) is 0 Å². The van der Waals surface area contributed by atoms with Crippen LogP contribution in [0.25, 0.3) is 0 Å². The molecule has 0 aliphatic heterocycles. The Hall–Kier alpha value is -0.900. The van der Waals surface area contributed by atoms with Crippen molar-refractivity contribution < 1.29 is 4.74 Å². The topological polar surface area (TPSA) is 47.3 Å². The number of hydrogen-bond acceptors (Lipinski definition) is 3. The maximum atomic E-state index is 5.54. The number of rotatable bonds is 6. The molecule has 2 rings (SSSR count). The lowest BCUT2D eigenvalue weighted by atomic mass is 10.1. The normalized spacial score (nSPS) is 23.4. The van der Waals surface area contributed by atoms with Gasteiger partial charge in [-0.05, 0) is 43.4 Å². The maximum Gasteiger partial charge on any atom is 0.0724 e. The first-order valence-corrected chi connectivity index (χ1v) is 6.87. The second-order valence-corrected chi connectivity index (χ2v) is 5.05. The van der Waals surface area contributed by atoms with Crippen LogP contribution in [0.3, 0.4) is 0 Å². The highest BCUT2D eigenvalue weighted by Crippen LogP contribution is 2.21. The molecule has 1 aromatic carbocycles. The van der Waals surface area contributed by atoms with Crippen molar-refractivity contribution in [3.63, 3.8) is 0 Å². The lowest BCUT2D eigenvalue weighted by Crippen LogP contribution is -2.36. The van der Waals surface area contributed by atoms with Gasteiger partial charge in [0.25, 0.3) is 0 Å². The number of nitrogens with one attached hydrogen (secondary N) is 1. The molecule has 1 saturated carbocycles. The molecule has 3 heteroatoms. The third-order valence-electron chi connectivity index (χ3n) is 3.78. The van der Waals surface area contributed by atoms with Crippen LogP contribution in [0.1, 0.15) is 30.4 Å². The van der Waals surface area contributed by atoms with Gasteiger partial charge < -0.3 is 15.8 Å². The minimum Gasteiger partial charge on any atom is -0.380 e. The zero-order valence-corrected chi connectivity index (χ0v) is 11.2. The summed E-state index contributed by atoms with van der Waals surface area (Å²) in [6.07, 6.45) is 5.03. The second kappa shape index (κ2) is 6.88. The van der Waals surface area contributed by atoms with E-state index in [4.69, 9.17) is 10.5 Å². The van der Waals surface area contributed by atoms with Crippen LogP contribution in [0.2, 0.25) is 0 Å². The van der Waals surface area contributed by atoms with Crippen LogP contribution in [0.4, 0.5) is 0 Å². The fraction of sp³-hybridized carbons (Fsp3) is 0.600. The minimum atomic E-state index is 0.390. The third kappa shape index (κ3) is 3.55. The van der Waals surface area contributed by atoms with Crippen LogP contribution in [0.15, 0.2) is 24.3 Å². The first-order valence-electron chi connectivity index (χ1n) is 6.87. The second-order valence-electron chi connectivity index (χ2n) is 5.05. The zero-order valence-electron chi connectivity index (χ0n) is 11.2. The summed E-state index contributed by atoms with van der Waals surface area (Å²) in [7, 11) is 1.81. The fourth-order valence-corrected chi connectivity index (χ4v) is 2.68. The molecule has 1 aromatic rings. The summed E-state index contributed by atoms with van der Waals surface area (Å²) in [6.45, 7) is 1.64. The van der Waals surface area contributed by atoms with Crippen molar-refractivity contribution in [1.82, 2.24) is 5.32 Å². The average molecular weight is 248 g/mol. The van der Waals surface area contributed by atoms with Crippen LogP contribution >= 0.6 is 0 Å². The van der Waals surface area contributed by atoms with Crippen molar-refractivity contribution in [3.8, 4) is 0 Å². The predicted octanol–water partition coefficient (Wildman–Crippen LogP) is 1.84. The number of methoxy groups -OCH3 is 1. The maximum absolute atomic E-state index is 5.54. The highest BCUT2D eigenvalue weighted by molar-refractivity contribution is 5.22. The summed E-state index contributed by atoms with van der Waals surface area (Å²) in [6, 6.07) is 9.24. The molecule has 1 aliphatic carbocycles. The van der Waals surface area contributed by atoms with Crippen molar-refractivity contribution in [2.75, 3.05) is 13.7 Å². The Morgan fingerprint density at radius 3 is 2.61 bits per heavy atom. The molecule has 3 nitrogen and oxygen atoms in total. The van der Waals surface area contributed by atoms with E-state index < -0.39 is 0 Å². The molecule has 0 spiro atoms. The first-order chi connectivity index (χ1) is 8.83. The Kier molecular flexibility index (Phi) is 5.17. The zero-order chi connectivity index (χ0) is 12.8. The lowest BCUT2D eigenvalue weighted by molar-refractivity contribution is 0.0847. The van der Waals surface area contributed by atoms with Crippen LogP contribution in [0, 0.1) is 0 Å². The minimum absolute atomic E-state index is 0.390. The van der Waals surface area contributed by atoms with E-state index >= 15 is 0 Å². The molecule has 0 amide bonds. The van der Waals surface area contributed by atoms with Gasteiger partial charge in [0, 0.05) is 19.7 Å². The Balaban J connectivity index is 1.82. The van der Waals surface area contributed by atoms with Gasteiger partial charge in [0.1, 0.15) is 0 Å². The van der Waals surface area contributed by atoms with E-state index in [0.29, 0.717) is 12.1 Å². The monoisotopic (exact) mass is 248 g/mol. The molecule has 1 aliphatic rings. The molecule has 0 saturated heterocycles. The molecule has 2 atom stereocenters. The Labute approximate surface area is 110 Å². The van der Waals surface area contributed by atoms with Gasteiger partial charge >= 0.3 is 0 Å². The van der Waals surface area contributed by atoms with Crippen LogP contribution in [-0.4, -0.2) is 25.8 Å². The molecule has 18 heavy (non-hydrogen) atoms. The van der Waals surface area contributed by atoms with E-state index in [1.165, 1.54) is 30.4 Å². The molecule has 0 radical (unpaired) electrons. The SMILES string of the molecule is COC1CCCC1NCc1ccc(CCN)cc1. The largest absolute Gasteiger partial charge is 0.380 e. The lowest BCUT2D eigenvalue weighted by Gasteiger charge is -2.19. The van der Waals surface area contributed by atoms with Gasteiger partial charge in [0.05, 0.1) is 6.10 Å². The average Bonchev–Trinajstić information content (AvgIpc) is 2.86. The summed E-state index contributed by atoms with van der Waals surface area (Å²) in [5.41, 5.74) is 8.19. The van der Waals surface area contributed by atoms with E-state index in [1.807, 2.05) is 7.11 Å². The van der Waals surface area contributed by atoms with Crippen molar-refractivity contribution in [1.29, 1.82) is 0 Å². The van der Waals surface area contributed by atoms with E-state index in [1.54, 1.807) is 0 Å². The number of benzene rings is 1. The Morgan fingerprint density at radius 2 is 1.94 bits per heavy atom. The van der Waals surface area contributed by atoms with E-state index in [0.717, 1.165) is 19.5 Å². The Morgan fingerprint density at radius 1 is 1.22 bits per heavy atom. The third-order valence-corrected chi connectivity index (χ3v) is 3.78. The standard InChI is InChI=1S/C15H24N2O/c1-18-15-4-2-3-14(15)17-11-13-7-5-12(6-8-13)9-10-16/h5-8,14-15,17H,2-4,9-11,16H2,1H3. The quantitative estimate of drug-likeness (QED) is 0.807. The molecule has 1 fully saturated rings. The van der Waals surface area contributed by atoms with Crippen molar-refractivity contribution >= 4 is 0 Å². The van der Waals surface area contributed by atoms with Gasteiger partial charge in [-0.3, -0.25) is 0 Å². The number of hydrogen-bond donors (Lipinski definition) is 2. The predicted molar refractivity (Wildman–Crippen MR) is 74.5 cm³/mol. The van der Waals surface area contributed by atoms with Crippen molar-refractivity contribution in [3.05, 3.63) is 35.4 Å². The molecular formula is C15H24N2O. The summed E-state index contributed by atoms with van der Waals surface area (Å²) < 4.78 is 5.49. The first kappa shape index (κ1) is 13.5. The molecule has 3 N–H and O–H groups in total. The van der Waals surface area contributed by atoms with Gasteiger partial charge in [-0.25, -0.2) is 0 Å². The smallest absolute Gasteiger partial charge is 0.0724 e. The highest BCUT2D eigenvalue weighted by atomic mass is 16.5. The van der Waals surface area contributed by atoms with Crippen LogP contribution in [-0.2, 0) is 17.7 Å². The molecule has 100 valence electrons. The molecule has 0 bridgehead atoms. The van der Waals surface area contributed by atoms with Gasteiger partial charge in [0.2, 0.25) is 0 Å². The van der Waals surface area contributed by atoms with Crippen molar-refractivity contribution in [2.24, 2.45) is 5.73 Å². The molecule has 2 unspecified atom stereocenters. The Bertz CT molecular complexity index is 350.